The molecule has 0 radical (unpaired) electrons. The number of unbranched alkanes of at least 4 members (excludes halogenated alkanes) is 7. The van der Waals surface area contributed by atoms with Crippen molar-refractivity contribution in [3.05, 3.63) is 33.4 Å². The molecule has 0 aliphatic rings. The lowest BCUT2D eigenvalue weighted by Gasteiger charge is -2.11. The van der Waals surface area contributed by atoms with Crippen LogP contribution in [-0.4, -0.2) is 11.1 Å². The van der Waals surface area contributed by atoms with E-state index in [2.05, 4.69) is 53.8 Å². The molecule has 1 N–H and O–H groups in total. The van der Waals surface area contributed by atoms with Gasteiger partial charge in [-0.2, -0.15) is 0 Å². The van der Waals surface area contributed by atoms with Crippen LogP contribution >= 0.6 is 22.6 Å². The van der Waals surface area contributed by atoms with Gasteiger partial charge in [0, 0.05) is 9.99 Å². The summed E-state index contributed by atoms with van der Waals surface area (Å²) in [5.74, 6) is 0.183. The highest BCUT2D eigenvalue weighted by Gasteiger charge is 2.03. The number of aryl methyl sites for hydroxylation is 1. The molecule has 0 spiro atoms. The molecule has 25 heavy (non-hydrogen) atoms. The molecule has 1 aromatic carbocycles. The zero-order chi connectivity index (χ0) is 18.3. The highest BCUT2D eigenvalue weighted by molar-refractivity contribution is 14.1. The molecular weight excluding hydrogens is 419 g/mol. The summed E-state index contributed by atoms with van der Waals surface area (Å²) in [6, 6.07) is 8.91. The van der Waals surface area contributed by atoms with Gasteiger partial charge < -0.3 is 5.11 Å². The Morgan fingerprint density at radius 3 is 2.00 bits per heavy atom. The first-order valence-corrected chi connectivity index (χ1v) is 11.1. The molecule has 3 heteroatoms. The maximum Gasteiger partial charge on any atom is 0.303 e. The minimum absolute atomic E-state index is 0.333. The van der Waals surface area contributed by atoms with Gasteiger partial charge in [-0.1, -0.05) is 76.8 Å². The molecule has 1 rings (SSSR count). The number of aliphatic carboxylic acids is 1. The average Bonchev–Trinajstić information content (AvgIpc) is 2.58. The quantitative estimate of drug-likeness (QED) is 0.224. The number of carbonyl (C=O) groups is 1. The number of halogens is 1. The third-order valence-electron chi connectivity index (χ3n) is 4.91. The topological polar surface area (TPSA) is 37.3 Å². The predicted molar refractivity (Wildman–Crippen MR) is 115 cm³/mol. The molecule has 0 heterocycles. The van der Waals surface area contributed by atoms with Crippen LogP contribution in [0.4, 0.5) is 0 Å². The molecule has 142 valence electrons. The van der Waals surface area contributed by atoms with Crippen LogP contribution in [0.2, 0.25) is 0 Å². The summed E-state index contributed by atoms with van der Waals surface area (Å²) in [4.78, 5) is 10.4. The van der Waals surface area contributed by atoms with Crippen molar-refractivity contribution >= 4 is 28.6 Å². The molecule has 0 aliphatic heterocycles. The molecule has 0 aromatic heterocycles. The first-order chi connectivity index (χ1) is 12.1. The summed E-state index contributed by atoms with van der Waals surface area (Å²) < 4.78 is 1.32. The van der Waals surface area contributed by atoms with Gasteiger partial charge >= 0.3 is 5.97 Å². The maximum absolute atomic E-state index is 10.4. The van der Waals surface area contributed by atoms with E-state index in [1.807, 2.05) is 0 Å². The molecule has 0 saturated carbocycles. The van der Waals surface area contributed by atoms with Crippen LogP contribution in [0.5, 0.6) is 0 Å². The Hall–Kier alpha value is -0.580. The van der Waals surface area contributed by atoms with E-state index in [4.69, 9.17) is 5.11 Å². The van der Waals surface area contributed by atoms with Gasteiger partial charge in [0.1, 0.15) is 0 Å². The van der Waals surface area contributed by atoms with E-state index in [9.17, 15) is 4.79 Å². The van der Waals surface area contributed by atoms with Gasteiger partial charge in [-0.25, -0.2) is 0 Å². The highest BCUT2D eigenvalue weighted by Crippen LogP contribution is 2.18. The Balaban J connectivity index is 1.87. The summed E-state index contributed by atoms with van der Waals surface area (Å²) >= 11 is 2.36. The van der Waals surface area contributed by atoms with Crippen molar-refractivity contribution in [2.75, 3.05) is 0 Å². The van der Waals surface area contributed by atoms with Crippen LogP contribution in [0.3, 0.4) is 0 Å². The highest BCUT2D eigenvalue weighted by atomic mass is 123. The van der Waals surface area contributed by atoms with Crippen molar-refractivity contribution < 1.29 is 9.90 Å². The third kappa shape index (κ3) is 13.3. The van der Waals surface area contributed by atoms with E-state index in [0.29, 0.717) is 6.42 Å². The molecular formula is C22H35IO2. The second-order valence-electron chi connectivity index (χ2n) is 7.38. The summed E-state index contributed by atoms with van der Waals surface area (Å²) in [6.07, 6.45) is 15.3. The Morgan fingerprint density at radius 2 is 1.40 bits per heavy atom. The van der Waals surface area contributed by atoms with Crippen molar-refractivity contribution in [2.45, 2.75) is 90.4 Å². The minimum atomic E-state index is -0.660. The molecule has 0 aliphatic carbocycles. The SMILES string of the molecule is C[C@H](CCCCCCCC(=O)O)CCCCCCc1ccc([123I])cc1. The van der Waals surface area contributed by atoms with Crippen LogP contribution in [0.15, 0.2) is 24.3 Å². The lowest BCUT2D eigenvalue weighted by molar-refractivity contribution is -0.137. The third-order valence-corrected chi connectivity index (χ3v) is 5.63. The maximum atomic E-state index is 10.4. The van der Waals surface area contributed by atoms with E-state index in [0.717, 1.165) is 18.8 Å². The Kier molecular flexibility index (Phi) is 13.1. The fourth-order valence-corrected chi connectivity index (χ4v) is 3.63. The number of hydrogen-bond donors (Lipinski definition) is 1. The normalized spacial score (nSPS) is 12.2. The van der Waals surface area contributed by atoms with Gasteiger partial charge in [-0.3, -0.25) is 4.79 Å². The first kappa shape index (κ1) is 22.5. The number of rotatable bonds is 15. The fraction of sp³-hybridized carbons (Fsp3) is 0.682. The molecule has 2 nitrogen and oxygen atoms in total. The molecule has 1 atom stereocenters. The van der Waals surface area contributed by atoms with Crippen LogP contribution < -0.4 is 0 Å². The van der Waals surface area contributed by atoms with Gasteiger partial charge in [0.2, 0.25) is 0 Å². The van der Waals surface area contributed by atoms with Crippen molar-refractivity contribution in [1.82, 2.24) is 0 Å². The van der Waals surface area contributed by atoms with Gasteiger partial charge in [-0.05, 0) is 65.5 Å². The molecule has 0 saturated heterocycles. The standard InChI is InChI=1S/C22H35IO2/c1-19(11-7-3-2-4-10-14-22(24)25)12-8-5-6-9-13-20-15-17-21(23)18-16-20/h15-19H,2-14H2,1H3,(H,24,25)/t19-/m1/s1/i23-4. The molecule has 0 bridgehead atoms. The Morgan fingerprint density at radius 1 is 0.880 bits per heavy atom. The van der Waals surface area contributed by atoms with E-state index < -0.39 is 5.97 Å². The van der Waals surface area contributed by atoms with E-state index in [1.54, 1.807) is 0 Å². The average molecular weight is 454 g/mol. The number of carboxylic acids is 1. The van der Waals surface area contributed by atoms with E-state index >= 15 is 0 Å². The molecule has 0 unspecified atom stereocenters. The summed E-state index contributed by atoms with van der Waals surface area (Å²) in [6.45, 7) is 2.38. The van der Waals surface area contributed by atoms with Crippen LogP contribution in [0, 0.1) is 9.49 Å². The lowest BCUT2D eigenvalue weighted by Crippen LogP contribution is -1.96. The summed E-state index contributed by atoms with van der Waals surface area (Å²) in [5.41, 5.74) is 1.47. The largest absolute Gasteiger partial charge is 0.481 e. The Bertz CT molecular complexity index is 456. The smallest absolute Gasteiger partial charge is 0.303 e. The second kappa shape index (κ2) is 14.6. The molecule has 0 amide bonds. The van der Waals surface area contributed by atoms with Crippen molar-refractivity contribution in [2.24, 2.45) is 5.92 Å². The second-order valence-corrected chi connectivity index (χ2v) is 8.63. The van der Waals surface area contributed by atoms with Gasteiger partial charge in [0.25, 0.3) is 0 Å². The number of carboxylic acid groups (broad SMARTS) is 1. The van der Waals surface area contributed by atoms with Crippen LogP contribution in [0.1, 0.15) is 89.5 Å². The zero-order valence-corrected chi connectivity index (χ0v) is 18.0. The Labute approximate surface area is 167 Å². The zero-order valence-electron chi connectivity index (χ0n) is 15.8. The summed E-state index contributed by atoms with van der Waals surface area (Å²) in [7, 11) is 0. The predicted octanol–water partition coefficient (Wildman–Crippen LogP) is 7.24. The van der Waals surface area contributed by atoms with Crippen molar-refractivity contribution in [1.29, 1.82) is 0 Å². The van der Waals surface area contributed by atoms with E-state index in [1.165, 1.54) is 73.3 Å². The van der Waals surface area contributed by atoms with E-state index in [-0.39, 0.29) is 0 Å². The van der Waals surface area contributed by atoms with Crippen LogP contribution in [0.25, 0.3) is 0 Å². The summed E-state index contributed by atoms with van der Waals surface area (Å²) in [5, 5.41) is 8.59. The number of hydrogen-bond acceptors (Lipinski definition) is 1. The number of benzene rings is 1. The molecule has 1 aromatic rings. The first-order valence-electron chi connectivity index (χ1n) is 10.0. The minimum Gasteiger partial charge on any atom is -0.481 e. The monoisotopic (exact) mass is 454 g/mol. The fourth-order valence-electron chi connectivity index (χ4n) is 3.27. The molecule has 0 fully saturated rings. The van der Waals surface area contributed by atoms with Crippen molar-refractivity contribution in [3.63, 3.8) is 0 Å². The van der Waals surface area contributed by atoms with Gasteiger partial charge in [0.05, 0.1) is 0 Å². The van der Waals surface area contributed by atoms with Gasteiger partial charge in [-0.15, -0.1) is 0 Å². The van der Waals surface area contributed by atoms with Crippen LogP contribution in [-0.2, 0) is 11.2 Å². The van der Waals surface area contributed by atoms with Gasteiger partial charge in [0.15, 0.2) is 0 Å². The van der Waals surface area contributed by atoms with Crippen molar-refractivity contribution in [3.8, 4) is 0 Å². The lowest BCUT2D eigenvalue weighted by atomic mass is 9.95.